The minimum absolute atomic E-state index is 0.803. The standard InChI is InChI=1S/C11H16O2/c1-5-9-7-11(13-4)10(12-3)6-8(9)2/h6-7H,5H2,1-4H3. The second kappa shape index (κ2) is 4.17. The summed E-state index contributed by atoms with van der Waals surface area (Å²) in [6, 6.07) is 4.05. The number of rotatable bonds is 3. The van der Waals surface area contributed by atoms with E-state index in [1.165, 1.54) is 11.1 Å². The summed E-state index contributed by atoms with van der Waals surface area (Å²) in [5.41, 5.74) is 2.55. The summed E-state index contributed by atoms with van der Waals surface area (Å²) in [4.78, 5) is 0. The minimum atomic E-state index is 0.803. The van der Waals surface area contributed by atoms with Crippen molar-refractivity contribution < 1.29 is 9.47 Å². The Kier molecular flexibility index (Phi) is 3.18. The molecule has 1 aromatic rings. The third-order valence-electron chi connectivity index (χ3n) is 2.22. The Morgan fingerprint density at radius 3 is 2.08 bits per heavy atom. The van der Waals surface area contributed by atoms with Crippen molar-refractivity contribution >= 4 is 0 Å². The van der Waals surface area contributed by atoms with Gasteiger partial charge in [0.05, 0.1) is 14.2 Å². The van der Waals surface area contributed by atoms with E-state index in [9.17, 15) is 0 Å². The van der Waals surface area contributed by atoms with Gasteiger partial charge in [0.1, 0.15) is 0 Å². The highest BCUT2D eigenvalue weighted by molar-refractivity contribution is 5.46. The molecule has 0 aromatic heterocycles. The quantitative estimate of drug-likeness (QED) is 0.711. The largest absolute Gasteiger partial charge is 0.493 e. The summed E-state index contributed by atoms with van der Waals surface area (Å²) in [7, 11) is 3.32. The lowest BCUT2D eigenvalue weighted by molar-refractivity contribution is 0.354. The van der Waals surface area contributed by atoms with Gasteiger partial charge in [-0.05, 0) is 36.6 Å². The molecule has 1 rings (SSSR count). The van der Waals surface area contributed by atoms with E-state index in [1.807, 2.05) is 12.1 Å². The Labute approximate surface area is 79.5 Å². The minimum Gasteiger partial charge on any atom is -0.493 e. The Morgan fingerprint density at radius 1 is 1.08 bits per heavy atom. The van der Waals surface area contributed by atoms with Gasteiger partial charge in [-0.25, -0.2) is 0 Å². The number of hydrogen-bond acceptors (Lipinski definition) is 2. The van der Waals surface area contributed by atoms with Gasteiger partial charge in [0.25, 0.3) is 0 Å². The molecule has 0 atom stereocenters. The van der Waals surface area contributed by atoms with Gasteiger partial charge < -0.3 is 9.47 Å². The lowest BCUT2D eigenvalue weighted by Crippen LogP contribution is -1.94. The van der Waals surface area contributed by atoms with Gasteiger partial charge >= 0.3 is 0 Å². The van der Waals surface area contributed by atoms with Gasteiger partial charge in [-0.15, -0.1) is 0 Å². The average molecular weight is 180 g/mol. The van der Waals surface area contributed by atoms with Crippen molar-refractivity contribution in [3.05, 3.63) is 23.3 Å². The smallest absolute Gasteiger partial charge is 0.161 e. The molecule has 0 saturated heterocycles. The summed E-state index contributed by atoms with van der Waals surface area (Å²) in [6.07, 6.45) is 1.02. The van der Waals surface area contributed by atoms with Crippen LogP contribution in [0, 0.1) is 6.92 Å². The first-order chi connectivity index (χ1) is 6.22. The highest BCUT2D eigenvalue weighted by atomic mass is 16.5. The van der Waals surface area contributed by atoms with Gasteiger partial charge in [-0.3, -0.25) is 0 Å². The third-order valence-corrected chi connectivity index (χ3v) is 2.22. The number of aryl methyl sites for hydroxylation is 2. The molecule has 2 heteroatoms. The molecule has 0 N–H and O–H groups in total. The molecule has 0 saturated carbocycles. The van der Waals surface area contributed by atoms with Gasteiger partial charge in [0.2, 0.25) is 0 Å². The maximum Gasteiger partial charge on any atom is 0.161 e. The molecule has 0 heterocycles. The van der Waals surface area contributed by atoms with Crippen molar-refractivity contribution in [3.63, 3.8) is 0 Å². The van der Waals surface area contributed by atoms with Crippen LogP contribution < -0.4 is 9.47 Å². The highest BCUT2D eigenvalue weighted by Gasteiger charge is 2.06. The zero-order valence-electron chi connectivity index (χ0n) is 8.68. The summed E-state index contributed by atoms with van der Waals surface area (Å²) in [6.45, 7) is 4.22. The van der Waals surface area contributed by atoms with Crippen LogP contribution in [0.1, 0.15) is 18.1 Å². The van der Waals surface area contributed by atoms with Crippen molar-refractivity contribution in [1.82, 2.24) is 0 Å². The van der Waals surface area contributed by atoms with E-state index >= 15 is 0 Å². The number of benzene rings is 1. The molecule has 0 bridgehead atoms. The summed E-state index contributed by atoms with van der Waals surface area (Å²) < 4.78 is 10.4. The Balaban J connectivity index is 3.18. The van der Waals surface area contributed by atoms with Crippen LogP contribution in [0.3, 0.4) is 0 Å². The average Bonchev–Trinajstić information content (AvgIpc) is 2.17. The normalized spacial score (nSPS) is 9.85. The molecule has 0 aliphatic rings. The Hall–Kier alpha value is -1.18. The highest BCUT2D eigenvalue weighted by Crippen LogP contribution is 2.30. The van der Waals surface area contributed by atoms with E-state index < -0.39 is 0 Å². The van der Waals surface area contributed by atoms with Crippen LogP contribution in [0.25, 0.3) is 0 Å². The first kappa shape index (κ1) is 9.90. The van der Waals surface area contributed by atoms with E-state index in [0.717, 1.165) is 17.9 Å². The maximum absolute atomic E-state index is 5.21. The molecule has 0 aliphatic carbocycles. The predicted octanol–water partition coefficient (Wildman–Crippen LogP) is 2.57. The Morgan fingerprint density at radius 2 is 1.62 bits per heavy atom. The van der Waals surface area contributed by atoms with Crippen molar-refractivity contribution in [2.75, 3.05) is 14.2 Å². The van der Waals surface area contributed by atoms with Crippen LogP contribution in [0.4, 0.5) is 0 Å². The molecule has 1 aromatic carbocycles. The fraction of sp³-hybridized carbons (Fsp3) is 0.455. The van der Waals surface area contributed by atoms with E-state index in [4.69, 9.17) is 9.47 Å². The SMILES string of the molecule is CCc1cc(OC)c(OC)cc1C. The maximum atomic E-state index is 5.21. The summed E-state index contributed by atoms with van der Waals surface area (Å²) in [5, 5.41) is 0. The van der Waals surface area contributed by atoms with Gasteiger partial charge in [-0.2, -0.15) is 0 Å². The summed E-state index contributed by atoms with van der Waals surface area (Å²) in [5.74, 6) is 1.61. The fourth-order valence-electron chi connectivity index (χ4n) is 1.40. The zero-order valence-corrected chi connectivity index (χ0v) is 8.68. The third kappa shape index (κ3) is 1.94. The molecular weight excluding hydrogens is 164 g/mol. The molecule has 72 valence electrons. The number of hydrogen-bond donors (Lipinski definition) is 0. The Bertz CT molecular complexity index is 292. The lowest BCUT2D eigenvalue weighted by atomic mass is 10.1. The topological polar surface area (TPSA) is 18.5 Å². The van der Waals surface area contributed by atoms with Crippen molar-refractivity contribution in [1.29, 1.82) is 0 Å². The number of methoxy groups -OCH3 is 2. The van der Waals surface area contributed by atoms with Crippen LogP contribution in [0.5, 0.6) is 11.5 Å². The van der Waals surface area contributed by atoms with Gasteiger partial charge in [0.15, 0.2) is 11.5 Å². The van der Waals surface area contributed by atoms with E-state index in [2.05, 4.69) is 13.8 Å². The van der Waals surface area contributed by atoms with E-state index in [0.29, 0.717) is 0 Å². The van der Waals surface area contributed by atoms with Crippen LogP contribution in [-0.2, 0) is 6.42 Å². The summed E-state index contributed by atoms with van der Waals surface area (Å²) >= 11 is 0. The van der Waals surface area contributed by atoms with Crippen molar-refractivity contribution in [2.24, 2.45) is 0 Å². The monoisotopic (exact) mass is 180 g/mol. The van der Waals surface area contributed by atoms with Crippen molar-refractivity contribution in [2.45, 2.75) is 20.3 Å². The van der Waals surface area contributed by atoms with Crippen molar-refractivity contribution in [3.8, 4) is 11.5 Å². The lowest BCUT2D eigenvalue weighted by Gasteiger charge is -2.11. The molecular formula is C11H16O2. The fourth-order valence-corrected chi connectivity index (χ4v) is 1.40. The second-order valence-electron chi connectivity index (χ2n) is 2.99. The molecule has 0 radical (unpaired) electrons. The van der Waals surface area contributed by atoms with E-state index in [1.54, 1.807) is 14.2 Å². The van der Waals surface area contributed by atoms with Crippen LogP contribution in [-0.4, -0.2) is 14.2 Å². The first-order valence-corrected chi connectivity index (χ1v) is 4.44. The zero-order chi connectivity index (χ0) is 9.84. The molecule has 13 heavy (non-hydrogen) atoms. The van der Waals surface area contributed by atoms with Crippen LogP contribution >= 0.6 is 0 Å². The second-order valence-corrected chi connectivity index (χ2v) is 2.99. The first-order valence-electron chi connectivity index (χ1n) is 4.44. The van der Waals surface area contributed by atoms with Gasteiger partial charge in [0, 0.05) is 0 Å². The van der Waals surface area contributed by atoms with Crippen LogP contribution in [0.15, 0.2) is 12.1 Å². The molecule has 0 amide bonds. The predicted molar refractivity (Wildman–Crippen MR) is 53.7 cm³/mol. The molecule has 0 spiro atoms. The molecule has 0 unspecified atom stereocenters. The van der Waals surface area contributed by atoms with E-state index in [-0.39, 0.29) is 0 Å². The molecule has 2 nitrogen and oxygen atoms in total. The molecule has 0 aliphatic heterocycles. The van der Waals surface area contributed by atoms with Gasteiger partial charge in [-0.1, -0.05) is 6.92 Å². The number of ether oxygens (including phenoxy) is 2. The van der Waals surface area contributed by atoms with Crippen LogP contribution in [0.2, 0.25) is 0 Å². The molecule has 0 fully saturated rings.